The number of halogens is 3. The summed E-state index contributed by atoms with van der Waals surface area (Å²) in [5.74, 6) is -2.79. The zero-order valence-electron chi connectivity index (χ0n) is 22.0. The number of carbonyl (C=O) groups excluding carboxylic acids is 1. The second-order valence-electron chi connectivity index (χ2n) is 10.5. The molecule has 0 aliphatic carbocycles. The fourth-order valence-corrected chi connectivity index (χ4v) is 6.14. The van der Waals surface area contributed by atoms with Crippen molar-refractivity contribution in [1.82, 2.24) is 14.8 Å². The van der Waals surface area contributed by atoms with Crippen LogP contribution in [0.4, 0.5) is 13.2 Å². The Morgan fingerprint density at radius 3 is 2.41 bits per heavy atom. The number of methoxy groups -OCH3 is 1. The smallest absolute Gasteiger partial charge is 0.246 e. The lowest BCUT2D eigenvalue weighted by atomic mass is 9.84. The lowest BCUT2D eigenvalue weighted by molar-refractivity contribution is -0.127. The zero-order chi connectivity index (χ0) is 27.5. The average molecular weight is 542 g/mol. The van der Waals surface area contributed by atoms with Crippen LogP contribution >= 0.6 is 0 Å². The number of ether oxygens (including phenoxy) is 1. The topological polar surface area (TPSA) is 68.8 Å². The van der Waals surface area contributed by atoms with Crippen molar-refractivity contribution >= 4 is 22.9 Å². The molecule has 208 valence electrons. The van der Waals surface area contributed by atoms with E-state index in [-0.39, 0.29) is 30.0 Å². The van der Waals surface area contributed by atoms with Crippen LogP contribution in [-0.2, 0) is 4.79 Å². The van der Waals surface area contributed by atoms with Crippen molar-refractivity contribution < 1.29 is 27.8 Å². The third-order valence-electron chi connectivity index (χ3n) is 8.37. The third kappa shape index (κ3) is 5.84. The molecule has 9 heteroatoms. The van der Waals surface area contributed by atoms with Gasteiger partial charge in [0.1, 0.15) is 5.75 Å². The summed E-state index contributed by atoms with van der Waals surface area (Å²) in [6, 6.07) is 7.86. The molecule has 0 bridgehead atoms. The van der Waals surface area contributed by atoms with Crippen LogP contribution in [0.5, 0.6) is 5.75 Å². The number of nitrogens with zero attached hydrogens (tertiary/aromatic N) is 2. The van der Waals surface area contributed by atoms with Crippen molar-refractivity contribution in [1.29, 1.82) is 0 Å². The molecule has 2 aromatic carbocycles. The van der Waals surface area contributed by atoms with Crippen LogP contribution in [0.1, 0.15) is 42.7 Å². The number of aromatic nitrogens is 1. The van der Waals surface area contributed by atoms with Gasteiger partial charge in [0.2, 0.25) is 5.91 Å². The van der Waals surface area contributed by atoms with Crippen molar-refractivity contribution in [3.8, 4) is 5.75 Å². The largest absolute Gasteiger partial charge is 0.497 e. The number of H-pyrrole nitrogens is 1. The monoisotopic (exact) mass is 541 g/mol. The van der Waals surface area contributed by atoms with E-state index in [2.05, 4.69) is 22.1 Å². The summed E-state index contributed by atoms with van der Waals surface area (Å²) < 4.78 is 45.4. The number of amides is 1. The molecule has 3 aromatic rings. The van der Waals surface area contributed by atoms with E-state index in [0.29, 0.717) is 19.0 Å². The molecule has 2 N–H and O–H groups in total. The number of hydrogen-bond acceptors (Lipinski definition) is 4. The highest BCUT2D eigenvalue weighted by atomic mass is 19.2. The van der Waals surface area contributed by atoms with E-state index < -0.39 is 17.5 Å². The maximum Gasteiger partial charge on any atom is 0.246 e. The first-order chi connectivity index (χ1) is 18.9. The minimum absolute atomic E-state index is 0.0481. The van der Waals surface area contributed by atoms with Gasteiger partial charge < -0.3 is 19.7 Å². The standard InChI is InChI=1S/C30H34F3N3O3/c1-39-22-3-4-27-23(16-22)24(17-34-27)20-6-10-35(11-7-20)28(18-37)21-8-12-36(13-9-21)29(38)5-2-19-14-25(31)30(33)26(32)15-19/h2-5,14-17,20-21,28,34,37H,6-13,18H2,1H3/b5-2+. The summed E-state index contributed by atoms with van der Waals surface area (Å²) in [6.07, 6.45) is 8.23. The van der Waals surface area contributed by atoms with Crippen LogP contribution in [0.3, 0.4) is 0 Å². The normalized spacial score (nSPS) is 18.7. The van der Waals surface area contributed by atoms with Gasteiger partial charge in [0.05, 0.1) is 13.7 Å². The van der Waals surface area contributed by atoms with Gasteiger partial charge in [-0.25, -0.2) is 13.2 Å². The van der Waals surface area contributed by atoms with Gasteiger partial charge in [-0.15, -0.1) is 0 Å². The van der Waals surface area contributed by atoms with Gasteiger partial charge in [0.15, 0.2) is 17.5 Å². The molecule has 2 aliphatic rings. The molecule has 39 heavy (non-hydrogen) atoms. The Bertz CT molecular complexity index is 1320. The van der Waals surface area contributed by atoms with Crippen LogP contribution in [0.15, 0.2) is 42.6 Å². The predicted molar refractivity (Wildman–Crippen MR) is 144 cm³/mol. The van der Waals surface area contributed by atoms with Gasteiger partial charge in [-0.05, 0) is 98.1 Å². The van der Waals surface area contributed by atoms with Gasteiger partial charge in [0, 0.05) is 42.3 Å². The van der Waals surface area contributed by atoms with Crippen LogP contribution < -0.4 is 4.74 Å². The quantitative estimate of drug-likeness (QED) is 0.323. The van der Waals surface area contributed by atoms with E-state index in [4.69, 9.17) is 4.74 Å². The summed E-state index contributed by atoms with van der Waals surface area (Å²) >= 11 is 0. The molecule has 1 amide bonds. The summed E-state index contributed by atoms with van der Waals surface area (Å²) in [5, 5.41) is 11.5. The molecule has 1 atom stereocenters. The van der Waals surface area contributed by atoms with E-state index in [1.165, 1.54) is 23.1 Å². The highest BCUT2D eigenvalue weighted by molar-refractivity contribution is 5.91. The first kappa shape index (κ1) is 27.3. The molecule has 1 aromatic heterocycles. The number of rotatable bonds is 7. The molecule has 6 nitrogen and oxygen atoms in total. The van der Waals surface area contributed by atoms with Crippen molar-refractivity contribution in [2.24, 2.45) is 5.92 Å². The highest BCUT2D eigenvalue weighted by Gasteiger charge is 2.34. The van der Waals surface area contributed by atoms with Crippen molar-refractivity contribution in [2.75, 3.05) is 39.9 Å². The van der Waals surface area contributed by atoms with Gasteiger partial charge >= 0.3 is 0 Å². The number of fused-ring (bicyclic) bond motifs is 1. The number of likely N-dealkylation sites (tertiary alicyclic amines) is 2. The third-order valence-corrected chi connectivity index (χ3v) is 8.37. The second kappa shape index (κ2) is 11.8. The number of aliphatic hydroxyl groups is 1. The molecule has 0 spiro atoms. The Labute approximate surface area is 226 Å². The van der Waals surface area contributed by atoms with E-state index in [9.17, 15) is 23.1 Å². The average Bonchev–Trinajstić information content (AvgIpc) is 3.39. The first-order valence-electron chi connectivity index (χ1n) is 13.5. The Kier molecular flexibility index (Phi) is 8.28. The molecule has 3 heterocycles. The molecule has 2 fully saturated rings. The van der Waals surface area contributed by atoms with Crippen LogP contribution in [0.25, 0.3) is 17.0 Å². The minimum Gasteiger partial charge on any atom is -0.497 e. The fourth-order valence-electron chi connectivity index (χ4n) is 6.14. The molecule has 0 saturated carbocycles. The molecule has 2 saturated heterocycles. The Morgan fingerprint density at radius 1 is 1.08 bits per heavy atom. The van der Waals surface area contributed by atoms with E-state index >= 15 is 0 Å². The number of carbonyl (C=O) groups is 1. The number of piperidine rings is 2. The van der Waals surface area contributed by atoms with Crippen molar-refractivity contribution in [3.05, 3.63) is 71.2 Å². The van der Waals surface area contributed by atoms with Gasteiger partial charge in [-0.3, -0.25) is 9.69 Å². The lowest BCUT2D eigenvalue weighted by Crippen LogP contribution is -2.50. The van der Waals surface area contributed by atoms with E-state index in [1.807, 2.05) is 12.1 Å². The summed E-state index contributed by atoms with van der Waals surface area (Å²) in [4.78, 5) is 20.1. The highest BCUT2D eigenvalue weighted by Crippen LogP contribution is 2.36. The number of aromatic amines is 1. The van der Waals surface area contributed by atoms with Crippen LogP contribution in [-0.4, -0.2) is 71.7 Å². The molecule has 5 rings (SSSR count). The molecule has 0 radical (unpaired) electrons. The molecule has 2 aliphatic heterocycles. The fraction of sp³-hybridized carbons (Fsp3) is 0.433. The van der Waals surface area contributed by atoms with Crippen molar-refractivity contribution in [2.45, 2.75) is 37.6 Å². The lowest BCUT2D eigenvalue weighted by Gasteiger charge is -2.43. The Balaban J connectivity index is 1.14. The maximum absolute atomic E-state index is 13.4. The van der Waals surface area contributed by atoms with Gasteiger partial charge in [-0.1, -0.05) is 0 Å². The van der Waals surface area contributed by atoms with Crippen molar-refractivity contribution in [3.63, 3.8) is 0 Å². The maximum atomic E-state index is 13.4. The van der Waals surface area contributed by atoms with E-state index in [1.54, 1.807) is 12.0 Å². The van der Waals surface area contributed by atoms with Gasteiger partial charge in [0.25, 0.3) is 0 Å². The van der Waals surface area contributed by atoms with E-state index in [0.717, 1.165) is 62.2 Å². The number of aliphatic hydroxyl groups excluding tert-OH is 1. The Morgan fingerprint density at radius 2 is 1.77 bits per heavy atom. The van der Waals surface area contributed by atoms with Crippen LogP contribution in [0.2, 0.25) is 0 Å². The summed E-state index contributed by atoms with van der Waals surface area (Å²) in [6.45, 7) is 2.97. The second-order valence-corrected chi connectivity index (χ2v) is 10.5. The number of hydrogen-bond donors (Lipinski definition) is 2. The summed E-state index contributed by atoms with van der Waals surface area (Å²) in [5.41, 5.74) is 2.51. The minimum atomic E-state index is -1.53. The van der Waals surface area contributed by atoms with Crippen LogP contribution in [0, 0.1) is 23.4 Å². The molecular formula is C30H34F3N3O3. The number of nitrogens with one attached hydrogen (secondary N) is 1. The number of benzene rings is 2. The molecular weight excluding hydrogens is 507 g/mol. The SMILES string of the molecule is COc1ccc2[nH]cc(C3CCN(C(CO)C4CCN(C(=O)/C=C/c5cc(F)c(F)c(F)c5)CC4)CC3)c2c1. The zero-order valence-corrected chi connectivity index (χ0v) is 22.0. The first-order valence-corrected chi connectivity index (χ1v) is 13.5. The molecule has 1 unspecified atom stereocenters. The Hall–Kier alpha value is -3.30. The summed E-state index contributed by atoms with van der Waals surface area (Å²) in [7, 11) is 1.68. The van der Waals surface area contributed by atoms with Gasteiger partial charge in [-0.2, -0.15) is 0 Å². The predicted octanol–water partition coefficient (Wildman–Crippen LogP) is 5.09.